The minimum absolute atomic E-state index is 0.275. The lowest BCUT2D eigenvalue weighted by Crippen LogP contribution is -2.30. The molecule has 6 nitrogen and oxygen atoms in total. The van der Waals surface area contributed by atoms with Gasteiger partial charge in [-0.3, -0.25) is 0 Å². The molecule has 4 rings (SSSR count). The molecule has 1 aliphatic heterocycles. The molecule has 0 aliphatic carbocycles. The SMILES string of the molecule is COC(=O)c1cc(N2CCc3c(sc(N)c3C#N)C2)c2cc(Br)ccc2n1. The van der Waals surface area contributed by atoms with Crippen molar-refractivity contribution in [2.24, 2.45) is 0 Å². The molecular weight excluding hydrogens is 428 g/mol. The largest absolute Gasteiger partial charge is 0.464 e. The Morgan fingerprint density at radius 1 is 1.44 bits per heavy atom. The summed E-state index contributed by atoms with van der Waals surface area (Å²) in [4.78, 5) is 19.8. The van der Waals surface area contributed by atoms with Crippen LogP contribution in [0.15, 0.2) is 28.7 Å². The number of rotatable bonds is 2. The molecule has 2 aromatic heterocycles. The molecule has 0 saturated heterocycles. The van der Waals surface area contributed by atoms with Gasteiger partial charge in [0.1, 0.15) is 11.1 Å². The number of aromatic nitrogens is 1. The summed E-state index contributed by atoms with van der Waals surface area (Å²) in [6.45, 7) is 1.36. The van der Waals surface area contributed by atoms with Crippen molar-refractivity contribution >= 4 is 54.8 Å². The molecule has 27 heavy (non-hydrogen) atoms. The first-order chi connectivity index (χ1) is 13.0. The average molecular weight is 443 g/mol. The molecule has 3 aromatic rings. The second-order valence-corrected chi connectivity index (χ2v) is 8.26. The van der Waals surface area contributed by atoms with E-state index in [0.717, 1.165) is 44.5 Å². The van der Waals surface area contributed by atoms with Crippen molar-refractivity contribution in [3.63, 3.8) is 0 Å². The zero-order valence-corrected chi connectivity index (χ0v) is 16.9. The van der Waals surface area contributed by atoms with Gasteiger partial charge in [0, 0.05) is 27.0 Å². The highest BCUT2D eigenvalue weighted by atomic mass is 79.9. The predicted molar refractivity (Wildman–Crippen MR) is 109 cm³/mol. The molecule has 2 N–H and O–H groups in total. The van der Waals surface area contributed by atoms with E-state index in [9.17, 15) is 10.1 Å². The Hall–Kier alpha value is -2.63. The normalized spacial score (nSPS) is 13.3. The van der Waals surface area contributed by atoms with Crippen molar-refractivity contribution in [3.05, 3.63) is 50.4 Å². The Kier molecular flexibility index (Phi) is 4.50. The van der Waals surface area contributed by atoms with Crippen LogP contribution in [0.1, 0.15) is 26.5 Å². The number of anilines is 2. The van der Waals surface area contributed by atoms with E-state index >= 15 is 0 Å². The molecule has 0 fully saturated rings. The van der Waals surface area contributed by atoms with Gasteiger partial charge >= 0.3 is 5.97 Å². The number of hydrogen-bond donors (Lipinski definition) is 1. The topological polar surface area (TPSA) is 92.2 Å². The summed E-state index contributed by atoms with van der Waals surface area (Å²) < 4.78 is 5.80. The summed E-state index contributed by atoms with van der Waals surface area (Å²) in [5, 5.41) is 10.9. The minimum Gasteiger partial charge on any atom is -0.464 e. The van der Waals surface area contributed by atoms with Crippen molar-refractivity contribution < 1.29 is 9.53 Å². The molecule has 8 heteroatoms. The number of hydrogen-bond acceptors (Lipinski definition) is 7. The van der Waals surface area contributed by atoms with Crippen LogP contribution in [0.4, 0.5) is 10.7 Å². The Morgan fingerprint density at radius 3 is 3.00 bits per heavy atom. The number of nitriles is 1. The van der Waals surface area contributed by atoms with Crippen molar-refractivity contribution in [1.82, 2.24) is 4.98 Å². The average Bonchev–Trinajstić information content (AvgIpc) is 3.00. The van der Waals surface area contributed by atoms with Crippen LogP contribution in [0.25, 0.3) is 10.9 Å². The van der Waals surface area contributed by atoms with Crippen LogP contribution in [0.5, 0.6) is 0 Å². The minimum atomic E-state index is -0.467. The first-order valence-corrected chi connectivity index (χ1v) is 9.86. The molecule has 0 unspecified atom stereocenters. The van der Waals surface area contributed by atoms with Crippen LogP contribution in [-0.4, -0.2) is 24.6 Å². The highest BCUT2D eigenvalue weighted by Gasteiger charge is 2.25. The number of nitrogens with zero attached hydrogens (tertiary/aromatic N) is 3. The van der Waals surface area contributed by atoms with Crippen LogP contribution >= 0.6 is 27.3 Å². The van der Waals surface area contributed by atoms with Crippen LogP contribution in [0, 0.1) is 11.3 Å². The maximum atomic E-state index is 12.1. The number of nitrogens with two attached hydrogens (primary N) is 1. The van der Waals surface area contributed by atoms with Crippen LogP contribution in [0.2, 0.25) is 0 Å². The third kappa shape index (κ3) is 3.03. The fourth-order valence-electron chi connectivity index (χ4n) is 3.40. The van der Waals surface area contributed by atoms with Crippen molar-refractivity contribution in [3.8, 4) is 6.07 Å². The molecule has 0 amide bonds. The zero-order chi connectivity index (χ0) is 19.1. The van der Waals surface area contributed by atoms with Gasteiger partial charge in [-0.2, -0.15) is 5.26 Å². The molecule has 0 radical (unpaired) electrons. The fraction of sp³-hybridized carbons (Fsp3) is 0.211. The number of thiophene rings is 1. The number of fused-ring (bicyclic) bond motifs is 2. The second kappa shape index (κ2) is 6.83. The van der Waals surface area contributed by atoms with Gasteiger partial charge in [-0.15, -0.1) is 11.3 Å². The first kappa shape index (κ1) is 17.8. The van der Waals surface area contributed by atoms with E-state index < -0.39 is 5.97 Å². The lowest BCUT2D eigenvalue weighted by Gasteiger charge is -2.30. The zero-order valence-electron chi connectivity index (χ0n) is 14.5. The molecular formula is C19H15BrN4O2S. The number of methoxy groups -OCH3 is 1. The van der Waals surface area contributed by atoms with Gasteiger partial charge in [0.2, 0.25) is 0 Å². The van der Waals surface area contributed by atoms with E-state index in [1.807, 2.05) is 18.2 Å². The van der Waals surface area contributed by atoms with E-state index in [1.165, 1.54) is 18.4 Å². The van der Waals surface area contributed by atoms with Crippen LogP contribution in [0.3, 0.4) is 0 Å². The van der Waals surface area contributed by atoms with Gasteiger partial charge in [0.05, 0.1) is 24.7 Å². The quantitative estimate of drug-likeness (QED) is 0.605. The summed E-state index contributed by atoms with van der Waals surface area (Å²) in [5.74, 6) is -0.467. The number of nitrogen functional groups attached to an aromatic ring is 1. The number of ether oxygens (including phenoxy) is 1. The third-order valence-electron chi connectivity index (χ3n) is 4.68. The summed E-state index contributed by atoms with van der Waals surface area (Å²) in [7, 11) is 1.35. The van der Waals surface area contributed by atoms with Gasteiger partial charge in [-0.1, -0.05) is 15.9 Å². The number of carbonyl (C=O) groups is 1. The van der Waals surface area contributed by atoms with Gasteiger partial charge in [-0.25, -0.2) is 9.78 Å². The molecule has 1 aromatic carbocycles. The summed E-state index contributed by atoms with van der Waals surface area (Å²) in [5.41, 5.74) is 9.57. The molecule has 0 spiro atoms. The number of halogens is 1. The smallest absolute Gasteiger partial charge is 0.356 e. The first-order valence-electron chi connectivity index (χ1n) is 8.25. The number of benzene rings is 1. The highest BCUT2D eigenvalue weighted by Crippen LogP contribution is 2.38. The van der Waals surface area contributed by atoms with Crippen LogP contribution < -0.4 is 10.6 Å². The molecule has 0 saturated carbocycles. The van der Waals surface area contributed by atoms with E-state index in [2.05, 4.69) is 31.9 Å². The van der Waals surface area contributed by atoms with Gasteiger partial charge in [0.15, 0.2) is 5.69 Å². The summed E-state index contributed by atoms with van der Waals surface area (Å²) >= 11 is 4.97. The maximum Gasteiger partial charge on any atom is 0.356 e. The highest BCUT2D eigenvalue weighted by molar-refractivity contribution is 9.10. The molecule has 1 aliphatic rings. The Morgan fingerprint density at radius 2 is 2.26 bits per heavy atom. The summed E-state index contributed by atoms with van der Waals surface area (Å²) in [6, 6.07) is 9.76. The van der Waals surface area contributed by atoms with Gasteiger partial charge in [-0.05, 0) is 36.2 Å². The summed E-state index contributed by atoms with van der Waals surface area (Å²) in [6.07, 6.45) is 0.733. The van der Waals surface area contributed by atoms with E-state index in [-0.39, 0.29) is 5.69 Å². The number of pyridine rings is 1. The van der Waals surface area contributed by atoms with E-state index in [0.29, 0.717) is 17.1 Å². The number of carbonyl (C=O) groups excluding carboxylic acids is 1. The lowest BCUT2D eigenvalue weighted by molar-refractivity contribution is 0.0594. The van der Waals surface area contributed by atoms with Crippen molar-refractivity contribution in [1.29, 1.82) is 5.26 Å². The van der Waals surface area contributed by atoms with E-state index in [4.69, 9.17) is 10.5 Å². The Labute approximate surface area is 168 Å². The predicted octanol–water partition coefficient (Wildman–Crippen LogP) is 3.86. The van der Waals surface area contributed by atoms with Crippen molar-refractivity contribution in [2.75, 3.05) is 24.3 Å². The molecule has 0 bridgehead atoms. The Bertz CT molecular complexity index is 1120. The third-order valence-corrected chi connectivity index (χ3v) is 6.22. The molecule has 0 atom stereocenters. The van der Waals surface area contributed by atoms with Gasteiger partial charge in [0.25, 0.3) is 0 Å². The number of esters is 1. The second-order valence-electron chi connectivity index (χ2n) is 6.21. The van der Waals surface area contributed by atoms with Crippen LogP contribution in [-0.2, 0) is 17.7 Å². The Balaban J connectivity index is 1.84. The van der Waals surface area contributed by atoms with Crippen molar-refractivity contribution in [2.45, 2.75) is 13.0 Å². The monoisotopic (exact) mass is 442 g/mol. The van der Waals surface area contributed by atoms with E-state index in [1.54, 1.807) is 6.07 Å². The van der Waals surface area contributed by atoms with Gasteiger partial charge < -0.3 is 15.4 Å². The fourth-order valence-corrected chi connectivity index (χ4v) is 4.85. The molecule has 3 heterocycles. The standard InChI is InChI=1S/C19H15BrN4O2S/c1-26-19(25)15-7-16(12-6-10(20)2-3-14(12)23-15)24-5-4-11-13(8-21)18(22)27-17(11)9-24/h2-3,6-7H,4-5,9,22H2,1H3. The lowest BCUT2D eigenvalue weighted by atomic mass is 10.0. The maximum absolute atomic E-state index is 12.1. The molecule has 136 valence electrons.